The van der Waals surface area contributed by atoms with Crippen LogP contribution in [-0.2, 0) is 52.5 Å². The summed E-state index contributed by atoms with van der Waals surface area (Å²) >= 11 is 3.70. The molecule has 26 heteroatoms. The Labute approximate surface area is 509 Å². The molecule has 0 aliphatic carbocycles. The van der Waals surface area contributed by atoms with Gasteiger partial charge >= 0.3 is 12.1 Å². The monoisotopic (exact) mass is 1260 g/mol. The minimum absolute atomic E-state index is 0.000894. The number of imide groups is 1. The van der Waals surface area contributed by atoms with Crippen molar-refractivity contribution >= 4 is 85.9 Å². The number of nitrogens with two attached hydrogens (primary N) is 1. The van der Waals surface area contributed by atoms with E-state index in [2.05, 4.69) is 54.0 Å². The molecular formula is C60H80BrN11O14. The molecular weight excluding hydrogens is 1180 g/mol. The molecule has 1 saturated heterocycles. The van der Waals surface area contributed by atoms with E-state index in [-0.39, 0.29) is 114 Å². The number of likely N-dealkylation sites (N-methyl/N-ethyl adjacent to an activating group) is 1. The van der Waals surface area contributed by atoms with E-state index < -0.39 is 53.7 Å². The van der Waals surface area contributed by atoms with E-state index in [0.717, 1.165) is 39.9 Å². The molecule has 0 spiro atoms. The minimum Gasteiger partial charge on any atom is -0.409 e. The molecule has 0 unspecified atom stereocenters. The van der Waals surface area contributed by atoms with Crippen LogP contribution in [0.25, 0.3) is 10.8 Å². The van der Waals surface area contributed by atoms with Crippen molar-refractivity contribution in [3.8, 4) is 5.75 Å². The summed E-state index contributed by atoms with van der Waals surface area (Å²) in [5, 5.41) is 16.4. The van der Waals surface area contributed by atoms with Crippen molar-refractivity contribution in [3.63, 3.8) is 0 Å². The lowest BCUT2D eigenvalue weighted by Crippen LogP contribution is -2.55. The predicted octanol–water partition coefficient (Wildman–Crippen LogP) is 2.46. The molecule has 5 aliphatic rings. The summed E-state index contributed by atoms with van der Waals surface area (Å²) < 4.78 is 28.2. The maximum Gasteiger partial charge on any atom is 0.415 e. The van der Waals surface area contributed by atoms with E-state index in [9.17, 15) is 43.2 Å². The van der Waals surface area contributed by atoms with Gasteiger partial charge in [-0.25, -0.2) is 9.59 Å². The number of rotatable bonds is 30. The van der Waals surface area contributed by atoms with E-state index in [4.69, 9.17) is 29.4 Å². The van der Waals surface area contributed by atoms with E-state index in [0.29, 0.717) is 80.5 Å². The van der Waals surface area contributed by atoms with Crippen LogP contribution in [0.2, 0.25) is 0 Å². The molecule has 0 aromatic heterocycles. The number of carbonyl (C=O) groups is 9. The lowest BCUT2D eigenvalue weighted by Gasteiger charge is -2.31. The van der Waals surface area contributed by atoms with Crippen LogP contribution in [0.3, 0.4) is 0 Å². The summed E-state index contributed by atoms with van der Waals surface area (Å²) in [6.07, 6.45) is 7.97. The highest BCUT2D eigenvalue weighted by Gasteiger charge is 2.38. The molecule has 5 aliphatic heterocycles. The van der Waals surface area contributed by atoms with Crippen LogP contribution in [0, 0.1) is 5.92 Å². The molecule has 0 radical (unpaired) electrons. The first-order chi connectivity index (χ1) is 41.4. The molecule has 7 N–H and O–H groups in total. The number of piperazine rings is 1. The summed E-state index contributed by atoms with van der Waals surface area (Å²) in [4.78, 5) is 125. The van der Waals surface area contributed by atoms with E-state index in [1.54, 1.807) is 46.8 Å². The highest BCUT2D eigenvalue weighted by Crippen LogP contribution is 2.46. The number of hydrogen-bond acceptors (Lipinski definition) is 16. The van der Waals surface area contributed by atoms with Crippen LogP contribution in [-0.4, -0.2) is 216 Å². The second kappa shape index (κ2) is 32.9. The third-order valence-electron chi connectivity index (χ3n) is 15.1. The molecule has 2 aromatic rings. The number of alkyl halides is 1. The first kappa shape index (κ1) is 66.0. The van der Waals surface area contributed by atoms with Crippen molar-refractivity contribution in [3.05, 3.63) is 95.4 Å². The third-order valence-corrected chi connectivity index (χ3v) is 15.8. The van der Waals surface area contributed by atoms with Gasteiger partial charge in [0.05, 0.1) is 58.5 Å². The zero-order chi connectivity index (χ0) is 61.7. The van der Waals surface area contributed by atoms with Gasteiger partial charge in [-0.15, -0.1) is 0 Å². The fraction of sp³-hybridized carbons (Fsp3) is 0.517. The van der Waals surface area contributed by atoms with Gasteiger partial charge in [0.25, 0.3) is 17.7 Å². The Kier molecular flexibility index (Phi) is 25.2. The molecule has 466 valence electrons. The highest BCUT2D eigenvalue weighted by atomic mass is 79.9. The molecule has 25 nitrogen and oxygen atoms in total. The normalized spacial score (nSPS) is 18.6. The average molecular weight is 1260 g/mol. The predicted molar refractivity (Wildman–Crippen MR) is 323 cm³/mol. The Hall–Kier alpha value is -7.49. The minimum atomic E-state index is -1.07. The second-order valence-corrected chi connectivity index (χ2v) is 22.1. The Morgan fingerprint density at radius 2 is 1.45 bits per heavy atom. The van der Waals surface area contributed by atoms with Crippen molar-refractivity contribution in [2.24, 2.45) is 11.7 Å². The van der Waals surface area contributed by atoms with Crippen molar-refractivity contribution in [2.45, 2.75) is 64.0 Å². The zero-order valence-corrected chi connectivity index (χ0v) is 50.8. The van der Waals surface area contributed by atoms with Gasteiger partial charge in [0, 0.05) is 119 Å². The first-order valence-corrected chi connectivity index (χ1v) is 30.3. The van der Waals surface area contributed by atoms with Gasteiger partial charge < -0.3 is 75.6 Å². The van der Waals surface area contributed by atoms with Gasteiger partial charge in [-0.3, -0.25) is 38.5 Å². The zero-order valence-electron chi connectivity index (χ0n) is 49.2. The van der Waals surface area contributed by atoms with E-state index in [1.807, 2.05) is 37.4 Å². The van der Waals surface area contributed by atoms with Crippen molar-refractivity contribution in [1.29, 1.82) is 0 Å². The number of fused-ring (bicyclic) bond motifs is 3. The summed E-state index contributed by atoms with van der Waals surface area (Å²) in [6.45, 7) is 13.7. The van der Waals surface area contributed by atoms with Gasteiger partial charge in [0.2, 0.25) is 23.6 Å². The fourth-order valence-electron chi connectivity index (χ4n) is 10.4. The molecule has 3 atom stereocenters. The van der Waals surface area contributed by atoms with Gasteiger partial charge in [0.1, 0.15) is 23.5 Å². The molecule has 2 aromatic carbocycles. The first-order valence-electron chi connectivity index (χ1n) is 29.1. The SMILES string of the molecule is C=C1/C=C(/C(=O)N2C[C@@H](CBr)c3c2cc(OC(=O)N2CCN(C)CC2)c2ccccc32)NC/C=C\C2=C1CCN2C(=O)[C@H](CCCNC(N)=O)NC(=O)[C@@H](NC(=O)CCOCCOCCOCCOCCNC(=O)CCN1C(=O)C=CC1=O)C(C)C. The van der Waals surface area contributed by atoms with Gasteiger partial charge in [-0.1, -0.05) is 66.7 Å². The summed E-state index contributed by atoms with van der Waals surface area (Å²) in [6, 6.07) is 6.72. The number of urea groups is 1. The number of allylic oxidation sites excluding steroid dienone is 3. The second-order valence-electron chi connectivity index (χ2n) is 21.5. The number of hydrogen-bond donors (Lipinski definition) is 6. The standard InChI is InChI=1S/C60H80BrN11O14/c1-39(2)55(67-51(74)17-27-82-29-31-84-33-34-85-32-30-83-28-20-64-50(73)16-22-71-52(75)13-14-53(71)76)56(77)66-45(11-7-19-65-59(62)80)57(78)70-21-15-42-40(3)35-46(63-18-8-12-47(42)70)58(79)72-38-41(37-61)54-44-10-6-5-9-43(44)49(36-48(54)72)86-60(81)69-25-23-68(4)24-26-69/h5-6,8-10,12-14,35-36,39,41,45,55,63H,3,7,11,15-34,37-38H2,1-2,4H3,(H,64,73)(H,66,77)(H,67,74)(H3,62,65,80)/b12-8-,46-35-/t41-,45+,55+/m1/s1. The lowest BCUT2D eigenvalue weighted by atomic mass is 9.95. The Balaban J connectivity index is 0.887. The van der Waals surface area contributed by atoms with Crippen LogP contribution in [0.5, 0.6) is 5.75 Å². The quantitative estimate of drug-likeness (QED) is 0.0372. The van der Waals surface area contributed by atoms with Gasteiger partial charge in [0.15, 0.2) is 0 Å². The smallest absolute Gasteiger partial charge is 0.409 e. The fourth-order valence-corrected chi connectivity index (χ4v) is 11.0. The van der Waals surface area contributed by atoms with Crippen LogP contribution in [0.4, 0.5) is 15.3 Å². The van der Waals surface area contributed by atoms with Gasteiger partial charge in [-0.05, 0) is 66.5 Å². The van der Waals surface area contributed by atoms with E-state index in [1.165, 1.54) is 12.2 Å². The number of halogens is 1. The number of anilines is 1. The average Bonchev–Trinajstić information content (AvgIpc) is 1.67. The number of carbonyl (C=O) groups excluding carboxylic acids is 9. The summed E-state index contributed by atoms with van der Waals surface area (Å²) in [7, 11) is 2.01. The molecule has 1 fully saturated rings. The molecule has 5 heterocycles. The van der Waals surface area contributed by atoms with Crippen molar-refractivity contribution < 1.29 is 66.8 Å². The topological polar surface area (TPSA) is 302 Å². The van der Waals surface area contributed by atoms with Crippen molar-refractivity contribution in [2.75, 3.05) is 136 Å². The number of ether oxygens (including phenoxy) is 5. The van der Waals surface area contributed by atoms with Crippen molar-refractivity contribution in [1.82, 2.24) is 46.2 Å². The number of amides is 10. The Bertz CT molecular complexity index is 2940. The maximum atomic E-state index is 14.9. The molecule has 7 rings (SSSR count). The number of nitrogens with zero attached hydrogens (tertiary/aromatic N) is 5. The van der Waals surface area contributed by atoms with Crippen LogP contribution < -0.4 is 42.0 Å². The van der Waals surface area contributed by atoms with Gasteiger partial charge in [-0.2, -0.15) is 0 Å². The van der Waals surface area contributed by atoms with Crippen LogP contribution in [0.15, 0.2) is 89.8 Å². The maximum absolute atomic E-state index is 14.9. The summed E-state index contributed by atoms with van der Waals surface area (Å²) in [5.74, 6) is -2.97. The highest BCUT2D eigenvalue weighted by molar-refractivity contribution is 9.09. The van der Waals surface area contributed by atoms with Crippen LogP contribution >= 0.6 is 15.9 Å². The van der Waals surface area contributed by atoms with Crippen LogP contribution in [0.1, 0.15) is 57.4 Å². The molecule has 0 bridgehead atoms. The number of primary amides is 1. The lowest BCUT2D eigenvalue weighted by molar-refractivity contribution is -0.137. The molecule has 86 heavy (non-hydrogen) atoms. The van der Waals surface area contributed by atoms with E-state index >= 15 is 0 Å². The number of nitrogens with one attached hydrogen (secondary N) is 5. The molecule has 0 saturated carbocycles. The largest absolute Gasteiger partial charge is 0.415 e. The third kappa shape index (κ3) is 18.3. The Morgan fingerprint density at radius 1 is 0.791 bits per heavy atom. The Morgan fingerprint density at radius 3 is 2.12 bits per heavy atom. The number of benzene rings is 2. The summed E-state index contributed by atoms with van der Waals surface area (Å²) in [5.41, 5.74) is 9.01. The molecule has 10 amide bonds.